The monoisotopic (exact) mass is 433 g/mol. The van der Waals surface area contributed by atoms with Gasteiger partial charge in [-0.15, -0.1) is 0 Å². The van der Waals surface area contributed by atoms with Crippen molar-refractivity contribution in [2.24, 2.45) is 0 Å². The summed E-state index contributed by atoms with van der Waals surface area (Å²) in [5, 5.41) is 0. The molecule has 0 N–H and O–H groups in total. The van der Waals surface area contributed by atoms with Crippen LogP contribution < -0.4 is 4.74 Å². The fourth-order valence-corrected chi connectivity index (χ4v) is 4.95. The minimum absolute atomic E-state index is 0.0202. The number of hydrogen-bond donors (Lipinski definition) is 0. The summed E-state index contributed by atoms with van der Waals surface area (Å²) < 4.78 is 64.5. The molecular formula is C25H27F4NO. The average Bonchev–Trinajstić information content (AvgIpc) is 2.99. The fourth-order valence-electron chi connectivity index (χ4n) is 4.95. The van der Waals surface area contributed by atoms with E-state index in [4.69, 9.17) is 4.74 Å². The Labute approximate surface area is 180 Å². The summed E-state index contributed by atoms with van der Waals surface area (Å²) in [5.41, 5.74) is 1.84. The molecule has 0 saturated heterocycles. The van der Waals surface area contributed by atoms with Crippen LogP contribution in [0.2, 0.25) is 0 Å². The van der Waals surface area contributed by atoms with Crippen LogP contribution in [0, 0.1) is 17.5 Å². The summed E-state index contributed by atoms with van der Waals surface area (Å²) in [6.45, 7) is 6.91. The fraction of sp³-hybridized carbons (Fsp3) is 0.440. The molecule has 0 unspecified atom stereocenters. The van der Waals surface area contributed by atoms with Crippen LogP contribution in [0.4, 0.5) is 17.6 Å². The number of rotatable bonds is 5. The van der Waals surface area contributed by atoms with E-state index in [-0.39, 0.29) is 36.3 Å². The molecule has 4 rings (SSSR count). The van der Waals surface area contributed by atoms with Gasteiger partial charge in [0.1, 0.15) is 28.9 Å². The van der Waals surface area contributed by atoms with Gasteiger partial charge < -0.3 is 4.74 Å². The van der Waals surface area contributed by atoms with Crippen LogP contribution in [-0.2, 0) is 6.42 Å². The normalized spacial score (nSPS) is 21.3. The molecule has 166 valence electrons. The van der Waals surface area contributed by atoms with E-state index in [0.717, 1.165) is 22.3 Å². The Kier molecular flexibility index (Phi) is 5.63. The Bertz CT molecular complexity index is 1020. The van der Waals surface area contributed by atoms with E-state index < -0.39 is 23.3 Å². The zero-order chi connectivity index (χ0) is 22.5. The Balaban J connectivity index is 1.88. The lowest BCUT2D eigenvalue weighted by Crippen LogP contribution is -2.47. The lowest BCUT2D eigenvalue weighted by molar-refractivity contribution is 0.0676. The van der Waals surface area contributed by atoms with Gasteiger partial charge in [0.2, 0.25) is 0 Å². The maximum absolute atomic E-state index is 15.3. The van der Waals surface area contributed by atoms with Crippen molar-refractivity contribution in [3.8, 4) is 5.75 Å². The zero-order valence-corrected chi connectivity index (χ0v) is 18.2. The van der Waals surface area contributed by atoms with Crippen LogP contribution in [-0.4, -0.2) is 29.8 Å². The van der Waals surface area contributed by atoms with Crippen LogP contribution >= 0.6 is 0 Å². The van der Waals surface area contributed by atoms with E-state index >= 15 is 8.78 Å². The lowest BCUT2D eigenvalue weighted by Gasteiger charge is -2.44. The van der Waals surface area contributed by atoms with Gasteiger partial charge >= 0.3 is 0 Å². The number of benzene rings is 2. The molecule has 2 nitrogen and oxygen atoms in total. The smallest absolute Gasteiger partial charge is 0.134 e. The molecule has 0 bridgehead atoms. The quantitative estimate of drug-likeness (QED) is 0.506. The van der Waals surface area contributed by atoms with Crippen molar-refractivity contribution >= 4 is 5.57 Å². The molecule has 0 fully saturated rings. The highest BCUT2D eigenvalue weighted by Crippen LogP contribution is 2.50. The largest absolute Gasteiger partial charge is 0.494 e. The van der Waals surface area contributed by atoms with Crippen molar-refractivity contribution in [1.82, 2.24) is 4.90 Å². The van der Waals surface area contributed by atoms with Crippen molar-refractivity contribution in [2.75, 3.05) is 13.2 Å². The number of nitrogens with zero attached hydrogens (tertiary/aromatic N) is 1. The molecule has 2 aliphatic rings. The first-order valence-electron chi connectivity index (χ1n) is 10.7. The SMILES string of the molecule is CCOc1cc(F)c([C@@H]2C3=C(C[C@@H](C)N2CC(C)(C)F)c2ccc(F)cc2C3)c(F)c1. The second-order valence-corrected chi connectivity index (χ2v) is 9.06. The van der Waals surface area contributed by atoms with Gasteiger partial charge in [-0.05, 0) is 74.9 Å². The number of ether oxygens (including phenoxy) is 1. The van der Waals surface area contributed by atoms with E-state index in [1.54, 1.807) is 13.0 Å². The number of alkyl halides is 1. The number of halogens is 4. The third-order valence-corrected chi connectivity index (χ3v) is 6.08. The Morgan fingerprint density at radius 1 is 1.10 bits per heavy atom. The standard InChI is InChI=1S/C25H27F4NO/c1-5-31-17-11-21(27)23(22(28)12-17)24-20-10-15-9-16(26)6-7-18(15)19(20)8-14(2)30(24)13-25(3,4)29/h6-7,9,11-12,14,24H,5,8,10,13H2,1-4H3/t14-,24+/m1/s1. The van der Waals surface area contributed by atoms with Gasteiger partial charge in [-0.3, -0.25) is 4.90 Å². The molecule has 0 radical (unpaired) electrons. The molecule has 0 saturated carbocycles. The summed E-state index contributed by atoms with van der Waals surface area (Å²) in [7, 11) is 0. The first-order chi connectivity index (χ1) is 14.6. The van der Waals surface area contributed by atoms with E-state index in [1.165, 1.54) is 38.1 Å². The molecule has 2 aromatic rings. The van der Waals surface area contributed by atoms with Gasteiger partial charge in [-0.2, -0.15) is 0 Å². The number of hydrogen-bond acceptors (Lipinski definition) is 2. The predicted octanol–water partition coefficient (Wildman–Crippen LogP) is 6.40. The first kappa shape index (κ1) is 21.9. The second-order valence-electron chi connectivity index (χ2n) is 9.06. The Morgan fingerprint density at radius 3 is 2.39 bits per heavy atom. The van der Waals surface area contributed by atoms with Crippen molar-refractivity contribution < 1.29 is 22.3 Å². The van der Waals surface area contributed by atoms with E-state index in [2.05, 4.69) is 0 Å². The third-order valence-electron chi connectivity index (χ3n) is 6.08. The minimum atomic E-state index is -1.56. The Hall–Kier alpha value is -2.34. The second kappa shape index (κ2) is 7.97. The highest BCUT2D eigenvalue weighted by Gasteiger charge is 2.43. The molecule has 1 heterocycles. The highest BCUT2D eigenvalue weighted by molar-refractivity contribution is 5.79. The van der Waals surface area contributed by atoms with Gasteiger partial charge in [0, 0.05) is 30.3 Å². The molecular weight excluding hydrogens is 406 g/mol. The van der Waals surface area contributed by atoms with Crippen LogP contribution in [0.25, 0.3) is 5.57 Å². The van der Waals surface area contributed by atoms with Gasteiger partial charge in [-0.25, -0.2) is 17.6 Å². The van der Waals surface area contributed by atoms with Gasteiger partial charge in [0.25, 0.3) is 0 Å². The van der Waals surface area contributed by atoms with Gasteiger partial charge in [0.15, 0.2) is 0 Å². The van der Waals surface area contributed by atoms with Crippen LogP contribution in [0.5, 0.6) is 5.75 Å². The summed E-state index contributed by atoms with van der Waals surface area (Å²) in [6.07, 6.45) is 0.996. The maximum Gasteiger partial charge on any atom is 0.134 e. The lowest BCUT2D eigenvalue weighted by atomic mass is 9.84. The molecule has 6 heteroatoms. The molecule has 1 aliphatic heterocycles. The topological polar surface area (TPSA) is 12.5 Å². The van der Waals surface area contributed by atoms with Crippen molar-refractivity contribution in [2.45, 2.75) is 58.3 Å². The molecule has 0 spiro atoms. The van der Waals surface area contributed by atoms with Gasteiger partial charge in [-0.1, -0.05) is 6.07 Å². The third kappa shape index (κ3) is 4.10. The van der Waals surface area contributed by atoms with Gasteiger partial charge in [0.05, 0.1) is 12.6 Å². The zero-order valence-electron chi connectivity index (χ0n) is 18.2. The molecule has 1 aliphatic carbocycles. The van der Waals surface area contributed by atoms with Crippen LogP contribution in [0.1, 0.15) is 56.8 Å². The molecule has 31 heavy (non-hydrogen) atoms. The number of fused-ring (bicyclic) bond motifs is 2. The summed E-state index contributed by atoms with van der Waals surface area (Å²) in [5.74, 6) is -1.67. The van der Waals surface area contributed by atoms with E-state index in [9.17, 15) is 8.78 Å². The highest BCUT2D eigenvalue weighted by atomic mass is 19.1. The predicted molar refractivity (Wildman–Crippen MR) is 113 cm³/mol. The minimum Gasteiger partial charge on any atom is -0.494 e. The average molecular weight is 433 g/mol. The molecule has 0 aromatic heterocycles. The summed E-state index contributed by atoms with van der Waals surface area (Å²) >= 11 is 0. The van der Waals surface area contributed by atoms with E-state index in [0.29, 0.717) is 12.8 Å². The van der Waals surface area contributed by atoms with Crippen LogP contribution in [0.15, 0.2) is 35.9 Å². The van der Waals surface area contributed by atoms with Crippen molar-refractivity contribution in [3.05, 3.63) is 70.0 Å². The molecule has 2 atom stereocenters. The summed E-state index contributed by atoms with van der Waals surface area (Å²) in [6, 6.07) is 6.05. The molecule has 2 aromatic carbocycles. The van der Waals surface area contributed by atoms with Crippen molar-refractivity contribution in [3.63, 3.8) is 0 Å². The Morgan fingerprint density at radius 2 is 1.77 bits per heavy atom. The first-order valence-corrected chi connectivity index (χ1v) is 10.7. The van der Waals surface area contributed by atoms with E-state index in [1.807, 2.05) is 11.8 Å². The van der Waals surface area contributed by atoms with Crippen molar-refractivity contribution in [1.29, 1.82) is 0 Å². The van der Waals surface area contributed by atoms with Crippen LogP contribution in [0.3, 0.4) is 0 Å². The molecule has 0 amide bonds. The maximum atomic E-state index is 15.3. The summed E-state index contributed by atoms with van der Waals surface area (Å²) in [4.78, 5) is 1.84.